The molecule has 1 amide bonds. The maximum Gasteiger partial charge on any atom is 0.410 e. The van der Waals surface area contributed by atoms with E-state index >= 15 is 0 Å². The number of piperidine rings is 1. The predicted octanol–water partition coefficient (Wildman–Crippen LogP) is 1.66. The van der Waals surface area contributed by atoms with E-state index in [0.29, 0.717) is 6.42 Å². The zero-order chi connectivity index (χ0) is 16.8. The number of likely N-dealkylation sites (tertiary alicyclic amines) is 1. The molecule has 124 valence electrons. The number of rotatable bonds is 4. The summed E-state index contributed by atoms with van der Waals surface area (Å²) in [6.45, 7) is 0.0304. The molecule has 0 spiro atoms. The lowest BCUT2D eigenvalue weighted by Crippen LogP contribution is -2.52. The van der Waals surface area contributed by atoms with Crippen LogP contribution in [0.25, 0.3) is 0 Å². The van der Waals surface area contributed by atoms with Crippen LogP contribution in [0.15, 0.2) is 30.3 Å². The number of methoxy groups -OCH3 is 1. The maximum absolute atomic E-state index is 12.2. The van der Waals surface area contributed by atoms with E-state index in [4.69, 9.17) is 4.74 Å². The molecule has 1 saturated heterocycles. The van der Waals surface area contributed by atoms with Crippen molar-refractivity contribution in [3.8, 4) is 0 Å². The van der Waals surface area contributed by atoms with Crippen molar-refractivity contribution in [3.05, 3.63) is 35.9 Å². The van der Waals surface area contributed by atoms with Crippen LogP contribution in [0.5, 0.6) is 0 Å². The number of carbonyl (C=O) groups excluding carboxylic acids is 2. The fourth-order valence-electron chi connectivity index (χ4n) is 2.59. The van der Waals surface area contributed by atoms with Gasteiger partial charge in [-0.2, -0.15) is 0 Å². The van der Waals surface area contributed by atoms with Gasteiger partial charge in [-0.1, -0.05) is 30.3 Å². The summed E-state index contributed by atoms with van der Waals surface area (Å²) in [4.78, 5) is 36.3. The van der Waals surface area contributed by atoms with E-state index in [1.165, 1.54) is 7.11 Å². The number of amides is 1. The van der Waals surface area contributed by atoms with E-state index in [1.54, 1.807) is 12.1 Å². The van der Waals surface area contributed by atoms with Gasteiger partial charge in [-0.05, 0) is 18.4 Å². The van der Waals surface area contributed by atoms with Crippen LogP contribution < -0.4 is 0 Å². The van der Waals surface area contributed by atoms with Crippen molar-refractivity contribution in [1.29, 1.82) is 0 Å². The molecule has 2 atom stereocenters. The van der Waals surface area contributed by atoms with Crippen molar-refractivity contribution in [3.63, 3.8) is 0 Å². The molecule has 0 saturated carbocycles. The summed E-state index contributed by atoms with van der Waals surface area (Å²) in [5.41, 5.74) is 0.800. The van der Waals surface area contributed by atoms with Gasteiger partial charge in [-0.25, -0.2) is 9.59 Å². The molecule has 0 aliphatic carbocycles. The van der Waals surface area contributed by atoms with Crippen LogP contribution in [0, 0.1) is 5.92 Å². The second kappa shape index (κ2) is 7.62. The van der Waals surface area contributed by atoms with Crippen molar-refractivity contribution in [2.45, 2.75) is 25.5 Å². The summed E-state index contributed by atoms with van der Waals surface area (Å²) in [5, 5.41) is 9.26. The molecule has 1 aromatic carbocycles. The van der Waals surface area contributed by atoms with Crippen molar-refractivity contribution >= 4 is 18.0 Å². The van der Waals surface area contributed by atoms with Gasteiger partial charge in [0.15, 0.2) is 0 Å². The molecule has 1 aliphatic rings. The third-order valence-electron chi connectivity index (χ3n) is 3.84. The number of carbonyl (C=O) groups is 3. The Hall–Kier alpha value is -2.57. The minimum atomic E-state index is -1.11. The second-order valence-electron chi connectivity index (χ2n) is 5.34. The lowest BCUT2D eigenvalue weighted by molar-refractivity contribution is -0.152. The number of ether oxygens (including phenoxy) is 2. The van der Waals surface area contributed by atoms with Crippen molar-refractivity contribution in [2.75, 3.05) is 13.7 Å². The highest BCUT2D eigenvalue weighted by atomic mass is 16.6. The molecule has 1 N–H and O–H groups in total. The average Bonchev–Trinajstić information content (AvgIpc) is 2.59. The summed E-state index contributed by atoms with van der Waals surface area (Å²) >= 11 is 0. The Labute approximate surface area is 133 Å². The van der Waals surface area contributed by atoms with Crippen molar-refractivity contribution in [1.82, 2.24) is 4.90 Å². The SMILES string of the molecule is COC(=O)[C@H]1CC[C@H](C(=O)O)N(C(=O)OCc2ccccc2)C1. The van der Waals surface area contributed by atoms with Gasteiger partial charge in [0.2, 0.25) is 0 Å². The van der Waals surface area contributed by atoms with E-state index in [-0.39, 0.29) is 19.6 Å². The van der Waals surface area contributed by atoms with Gasteiger partial charge in [0, 0.05) is 6.54 Å². The predicted molar refractivity (Wildman–Crippen MR) is 79.5 cm³/mol. The molecule has 7 nitrogen and oxygen atoms in total. The molecule has 0 unspecified atom stereocenters. The minimum absolute atomic E-state index is 0.0166. The lowest BCUT2D eigenvalue weighted by Gasteiger charge is -2.35. The Morgan fingerprint density at radius 2 is 1.91 bits per heavy atom. The second-order valence-corrected chi connectivity index (χ2v) is 5.34. The first-order valence-corrected chi connectivity index (χ1v) is 7.31. The van der Waals surface area contributed by atoms with E-state index < -0.39 is 30.0 Å². The summed E-state index contributed by atoms with van der Waals surface area (Å²) in [6, 6.07) is 8.09. The van der Waals surface area contributed by atoms with Crippen LogP contribution in [-0.4, -0.2) is 47.7 Å². The highest BCUT2D eigenvalue weighted by molar-refractivity contribution is 5.82. The Balaban J connectivity index is 2.03. The summed E-state index contributed by atoms with van der Waals surface area (Å²) < 4.78 is 9.86. The lowest BCUT2D eigenvalue weighted by atomic mass is 9.93. The first kappa shape index (κ1) is 16.8. The number of carboxylic acid groups (broad SMARTS) is 1. The van der Waals surface area contributed by atoms with Gasteiger partial charge >= 0.3 is 18.0 Å². The zero-order valence-electron chi connectivity index (χ0n) is 12.8. The van der Waals surface area contributed by atoms with Gasteiger partial charge in [0.05, 0.1) is 13.0 Å². The maximum atomic E-state index is 12.2. The van der Waals surface area contributed by atoms with Crippen molar-refractivity contribution in [2.24, 2.45) is 5.92 Å². The first-order chi connectivity index (χ1) is 11.0. The van der Waals surface area contributed by atoms with Crippen LogP contribution in [0.3, 0.4) is 0 Å². The Morgan fingerprint density at radius 3 is 2.52 bits per heavy atom. The standard InChI is InChI=1S/C16H19NO6/c1-22-15(20)12-7-8-13(14(18)19)17(9-12)16(21)23-10-11-5-3-2-4-6-11/h2-6,12-13H,7-10H2,1H3,(H,18,19)/t12-,13+/m0/s1. The Bertz CT molecular complexity index is 573. The van der Waals surface area contributed by atoms with E-state index in [2.05, 4.69) is 4.74 Å². The number of benzene rings is 1. The number of aliphatic carboxylic acids is 1. The number of hydrogen-bond donors (Lipinski definition) is 1. The average molecular weight is 321 g/mol. The quantitative estimate of drug-likeness (QED) is 0.848. The topological polar surface area (TPSA) is 93.1 Å². The molecule has 1 fully saturated rings. The molecule has 1 aliphatic heterocycles. The zero-order valence-corrected chi connectivity index (χ0v) is 12.8. The molecule has 23 heavy (non-hydrogen) atoms. The van der Waals surface area contributed by atoms with E-state index in [0.717, 1.165) is 10.5 Å². The third-order valence-corrected chi connectivity index (χ3v) is 3.84. The number of carboxylic acids is 1. The third kappa shape index (κ3) is 4.21. The van der Waals surface area contributed by atoms with E-state index in [1.807, 2.05) is 18.2 Å². The first-order valence-electron chi connectivity index (χ1n) is 7.31. The number of nitrogens with zero attached hydrogens (tertiary/aromatic N) is 1. The molecule has 0 aromatic heterocycles. The Morgan fingerprint density at radius 1 is 1.22 bits per heavy atom. The van der Waals surface area contributed by atoms with Gasteiger partial charge < -0.3 is 14.6 Å². The summed E-state index contributed by atoms with van der Waals surface area (Å²) in [7, 11) is 1.27. The molecule has 0 radical (unpaired) electrons. The minimum Gasteiger partial charge on any atom is -0.480 e. The van der Waals surface area contributed by atoms with Gasteiger partial charge in [-0.15, -0.1) is 0 Å². The molecule has 1 heterocycles. The monoisotopic (exact) mass is 321 g/mol. The molecular weight excluding hydrogens is 302 g/mol. The van der Waals surface area contributed by atoms with E-state index in [9.17, 15) is 19.5 Å². The smallest absolute Gasteiger partial charge is 0.410 e. The summed E-state index contributed by atoms with van der Waals surface area (Å²) in [6.07, 6.45) is -0.184. The molecule has 1 aromatic rings. The van der Waals surface area contributed by atoms with Crippen LogP contribution in [-0.2, 0) is 25.7 Å². The van der Waals surface area contributed by atoms with Crippen LogP contribution in [0.2, 0.25) is 0 Å². The Kier molecular flexibility index (Phi) is 5.56. The normalized spacial score (nSPS) is 20.7. The van der Waals surface area contributed by atoms with Crippen LogP contribution >= 0.6 is 0 Å². The highest BCUT2D eigenvalue weighted by Gasteiger charge is 2.39. The van der Waals surface area contributed by atoms with Crippen LogP contribution in [0.1, 0.15) is 18.4 Å². The van der Waals surface area contributed by atoms with Gasteiger partial charge in [-0.3, -0.25) is 9.69 Å². The number of hydrogen-bond acceptors (Lipinski definition) is 5. The molecule has 2 rings (SSSR count). The largest absolute Gasteiger partial charge is 0.480 e. The molecule has 0 bridgehead atoms. The highest BCUT2D eigenvalue weighted by Crippen LogP contribution is 2.24. The molecular formula is C16H19NO6. The fraction of sp³-hybridized carbons (Fsp3) is 0.438. The van der Waals surface area contributed by atoms with Gasteiger partial charge in [0.1, 0.15) is 12.6 Å². The van der Waals surface area contributed by atoms with Crippen molar-refractivity contribution < 1.29 is 29.0 Å². The van der Waals surface area contributed by atoms with Gasteiger partial charge in [0.25, 0.3) is 0 Å². The fourth-order valence-corrected chi connectivity index (χ4v) is 2.59. The summed E-state index contributed by atoms with van der Waals surface area (Å²) in [5.74, 6) is -2.08. The molecule has 7 heteroatoms. The number of esters is 1. The van der Waals surface area contributed by atoms with Crippen LogP contribution in [0.4, 0.5) is 4.79 Å².